The van der Waals surface area contributed by atoms with Gasteiger partial charge in [-0.1, -0.05) is 24.3 Å². The lowest BCUT2D eigenvalue weighted by Gasteiger charge is -2.27. The van der Waals surface area contributed by atoms with Gasteiger partial charge in [0.25, 0.3) is 0 Å². The van der Waals surface area contributed by atoms with E-state index in [2.05, 4.69) is 53.6 Å². The Morgan fingerprint density at radius 3 is 2.39 bits per heavy atom. The van der Waals surface area contributed by atoms with Crippen LogP contribution in [0.1, 0.15) is 44.1 Å². The summed E-state index contributed by atoms with van der Waals surface area (Å²) in [6.07, 6.45) is 9.76. The highest BCUT2D eigenvalue weighted by Gasteiger charge is 2.20. The third-order valence-corrected chi connectivity index (χ3v) is 3.87. The predicted octanol–water partition coefficient (Wildman–Crippen LogP) is 5.27. The van der Waals surface area contributed by atoms with Gasteiger partial charge in [-0.3, -0.25) is 0 Å². The molecule has 2 rings (SSSR count). The van der Waals surface area contributed by atoms with Crippen molar-refractivity contribution in [2.24, 2.45) is 10.9 Å². The second-order valence-corrected chi connectivity index (χ2v) is 5.11. The minimum Gasteiger partial charge on any atom is -0.195 e. The summed E-state index contributed by atoms with van der Waals surface area (Å²) in [7, 11) is 0. The first kappa shape index (κ1) is 13.2. The Morgan fingerprint density at radius 2 is 1.83 bits per heavy atom. The third kappa shape index (κ3) is 3.38. The van der Waals surface area contributed by atoms with Gasteiger partial charge < -0.3 is 0 Å². The molecule has 1 aliphatic rings. The molecule has 0 atom stereocenters. The van der Waals surface area contributed by atoms with Crippen LogP contribution in [0.2, 0.25) is 0 Å². The molecule has 1 aromatic rings. The van der Waals surface area contributed by atoms with E-state index < -0.39 is 0 Å². The number of rotatable bonds is 3. The number of thiocarbonyl (C=S) groups is 1. The van der Waals surface area contributed by atoms with Gasteiger partial charge >= 0.3 is 0 Å². The zero-order valence-corrected chi connectivity index (χ0v) is 11.6. The maximum atomic E-state index is 4.61. The van der Waals surface area contributed by atoms with Gasteiger partial charge in [0, 0.05) is 0 Å². The van der Waals surface area contributed by atoms with Gasteiger partial charge in [0.15, 0.2) is 0 Å². The number of benzene rings is 1. The predicted molar refractivity (Wildman–Crippen MR) is 80.6 cm³/mol. The Kier molecular flexibility index (Phi) is 4.86. The molecule has 1 saturated carbocycles. The number of isothiocyanates is 1. The molecule has 0 saturated heterocycles. The number of nitrogens with zero attached hydrogens (tertiary/aromatic N) is 1. The van der Waals surface area contributed by atoms with E-state index in [0.717, 1.165) is 17.5 Å². The van der Waals surface area contributed by atoms with Crippen LogP contribution >= 0.6 is 12.2 Å². The third-order valence-electron chi connectivity index (χ3n) is 3.78. The first-order valence-corrected chi connectivity index (χ1v) is 7.05. The van der Waals surface area contributed by atoms with Crippen molar-refractivity contribution in [2.45, 2.75) is 38.5 Å². The topological polar surface area (TPSA) is 12.4 Å². The standard InChI is InChI=1S/C16H19NS/c1-2-3-13-4-6-14(7-5-13)15-8-10-16(11-9-15)17-12-18/h2-3,8-11,13-14H,4-7H2,1H3/b3-2+. The van der Waals surface area contributed by atoms with E-state index in [0.29, 0.717) is 0 Å². The highest BCUT2D eigenvalue weighted by atomic mass is 32.1. The molecule has 1 aromatic carbocycles. The van der Waals surface area contributed by atoms with Gasteiger partial charge in [-0.25, -0.2) is 0 Å². The van der Waals surface area contributed by atoms with E-state index in [-0.39, 0.29) is 0 Å². The molecule has 1 fully saturated rings. The molecule has 18 heavy (non-hydrogen) atoms. The zero-order valence-electron chi connectivity index (χ0n) is 10.8. The fraction of sp³-hybridized carbons (Fsp3) is 0.438. The van der Waals surface area contributed by atoms with Gasteiger partial charge in [-0.05, 0) is 74.4 Å². The largest absolute Gasteiger partial charge is 0.195 e. The minimum absolute atomic E-state index is 0.719. The Balaban J connectivity index is 1.99. The molecule has 94 valence electrons. The summed E-state index contributed by atoms with van der Waals surface area (Å²) in [6, 6.07) is 8.44. The van der Waals surface area contributed by atoms with E-state index >= 15 is 0 Å². The highest BCUT2D eigenvalue weighted by Crippen LogP contribution is 2.36. The zero-order chi connectivity index (χ0) is 12.8. The lowest BCUT2D eigenvalue weighted by atomic mass is 9.78. The van der Waals surface area contributed by atoms with Crippen LogP contribution in [0.3, 0.4) is 0 Å². The Labute approximate surface area is 115 Å². The molecule has 2 heteroatoms. The number of aliphatic imine (C=N–C) groups is 1. The van der Waals surface area contributed by atoms with Crippen molar-refractivity contribution in [3.8, 4) is 0 Å². The highest BCUT2D eigenvalue weighted by molar-refractivity contribution is 7.78. The second-order valence-electron chi connectivity index (χ2n) is 4.93. The Bertz CT molecular complexity index is 446. The summed E-state index contributed by atoms with van der Waals surface area (Å²) >= 11 is 4.61. The SMILES string of the molecule is C/C=C/C1CCC(c2ccc(N=C=S)cc2)CC1. The maximum absolute atomic E-state index is 4.61. The average Bonchev–Trinajstić information content (AvgIpc) is 2.41. The fourth-order valence-electron chi connectivity index (χ4n) is 2.79. The van der Waals surface area contributed by atoms with Crippen molar-refractivity contribution in [3.63, 3.8) is 0 Å². The Hall–Kier alpha value is -1.24. The number of allylic oxidation sites excluding steroid dienone is 2. The molecule has 0 bridgehead atoms. The van der Waals surface area contributed by atoms with Gasteiger partial charge in [0.2, 0.25) is 0 Å². The first-order chi connectivity index (χ1) is 8.83. The van der Waals surface area contributed by atoms with Gasteiger partial charge in [0.05, 0.1) is 10.8 Å². The number of hydrogen-bond donors (Lipinski definition) is 0. The van der Waals surface area contributed by atoms with Crippen LogP contribution < -0.4 is 0 Å². The molecule has 1 nitrogen and oxygen atoms in total. The lowest BCUT2D eigenvalue weighted by molar-refractivity contribution is 0.376. The smallest absolute Gasteiger partial charge is 0.0739 e. The van der Waals surface area contributed by atoms with Crippen LogP contribution in [0.25, 0.3) is 0 Å². The van der Waals surface area contributed by atoms with Gasteiger partial charge in [0.1, 0.15) is 0 Å². The summed E-state index contributed by atoms with van der Waals surface area (Å²) < 4.78 is 0. The van der Waals surface area contributed by atoms with E-state index in [4.69, 9.17) is 0 Å². The lowest BCUT2D eigenvalue weighted by Crippen LogP contribution is -2.11. The van der Waals surface area contributed by atoms with E-state index in [1.807, 2.05) is 12.1 Å². The van der Waals surface area contributed by atoms with Crippen LogP contribution in [0, 0.1) is 5.92 Å². The normalized spacial score (nSPS) is 23.8. The summed E-state index contributed by atoms with van der Waals surface area (Å²) in [5.74, 6) is 1.52. The molecule has 0 radical (unpaired) electrons. The van der Waals surface area contributed by atoms with Gasteiger partial charge in [-0.15, -0.1) is 0 Å². The summed E-state index contributed by atoms with van der Waals surface area (Å²) in [5, 5.41) is 2.40. The molecule has 0 unspecified atom stereocenters. The van der Waals surface area contributed by atoms with Gasteiger partial charge in [-0.2, -0.15) is 4.99 Å². The van der Waals surface area contributed by atoms with Crippen LogP contribution in [0.4, 0.5) is 5.69 Å². The average molecular weight is 257 g/mol. The molecule has 0 N–H and O–H groups in total. The van der Waals surface area contributed by atoms with Crippen molar-refractivity contribution in [2.75, 3.05) is 0 Å². The monoisotopic (exact) mass is 257 g/mol. The van der Waals surface area contributed by atoms with Crippen molar-refractivity contribution in [1.82, 2.24) is 0 Å². The molecule has 1 aliphatic carbocycles. The number of hydrogen-bond acceptors (Lipinski definition) is 2. The minimum atomic E-state index is 0.719. The molecule has 0 aromatic heterocycles. The molecule has 0 spiro atoms. The maximum Gasteiger partial charge on any atom is 0.0739 e. The molecule has 0 aliphatic heterocycles. The second kappa shape index (κ2) is 6.63. The summed E-state index contributed by atoms with van der Waals surface area (Å²) in [4.78, 5) is 3.98. The molecule has 0 amide bonds. The summed E-state index contributed by atoms with van der Waals surface area (Å²) in [5.41, 5.74) is 2.34. The van der Waals surface area contributed by atoms with Crippen LogP contribution in [-0.4, -0.2) is 5.16 Å². The van der Waals surface area contributed by atoms with Crippen molar-refractivity contribution in [3.05, 3.63) is 42.0 Å². The van der Waals surface area contributed by atoms with E-state index in [1.54, 1.807) is 0 Å². The van der Waals surface area contributed by atoms with E-state index in [1.165, 1.54) is 31.2 Å². The molecular weight excluding hydrogens is 238 g/mol. The molecule has 0 heterocycles. The van der Waals surface area contributed by atoms with Crippen molar-refractivity contribution < 1.29 is 0 Å². The fourth-order valence-corrected chi connectivity index (χ4v) is 2.90. The molecular formula is C16H19NS. The first-order valence-electron chi connectivity index (χ1n) is 6.64. The van der Waals surface area contributed by atoms with Crippen LogP contribution in [-0.2, 0) is 0 Å². The van der Waals surface area contributed by atoms with Crippen LogP contribution in [0.5, 0.6) is 0 Å². The van der Waals surface area contributed by atoms with E-state index in [9.17, 15) is 0 Å². The van der Waals surface area contributed by atoms with Crippen LogP contribution in [0.15, 0.2) is 41.4 Å². The quantitative estimate of drug-likeness (QED) is 0.408. The van der Waals surface area contributed by atoms with Crippen molar-refractivity contribution >= 4 is 23.1 Å². The Morgan fingerprint density at radius 1 is 1.17 bits per heavy atom. The van der Waals surface area contributed by atoms with Crippen molar-refractivity contribution in [1.29, 1.82) is 0 Å². The summed E-state index contributed by atoms with van der Waals surface area (Å²) in [6.45, 7) is 2.11.